The van der Waals surface area contributed by atoms with Crippen LogP contribution in [0.2, 0.25) is 0 Å². The largest absolute Gasteiger partial charge is 0.394 e. The molecule has 2 heterocycles. The minimum Gasteiger partial charge on any atom is -0.394 e. The third-order valence-corrected chi connectivity index (χ3v) is 5.70. The molecular formula is C16H18IN4O2P. The molecule has 0 fully saturated rings. The molecule has 0 aliphatic heterocycles. The molecule has 6 nitrogen and oxygen atoms in total. The van der Waals surface area contributed by atoms with Gasteiger partial charge >= 0.3 is 0 Å². The van der Waals surface area contributed by atoms with E-state index in [9.17, 15) is 0 Å². The Kier molecular flexibility index (Phi) is 5.65. The summed E-state index contributed by atoms with van der Waals surface area (Å²) in [4.78, 5) is 0. The average molecular weight is 456 g/mol. The Morgan fingerprint density at radius 3 is 3.00 bits per heavy atom. The maximum absolute atomic E-state index is 8.89. The summed E-state index contributed by atoms with van der Waals surface area (Å²) in [5, 5.41) is 18.9. The number of aryl methyl sites for hydroxylation is 1. The van der Waals surface area contributed by atoms with Gasteiger partial charge in [0.25, 0.3) is 0 Å². The van der Waals surface area contributed by atoms with Gasteiger partial charge in [0.05, 0.1) is 49.3 Å². The smallest absolute Gasteiger partial charge is 0.0927 e. The highest BCUT2D eigenvalue weighted by atomic mass is 127. The Morgan fingerprint density at radius 2 is 2.29 bits per heavy atom. The minimum absolute atomic E-state index is 0.0120. The number of hydrogen-bond acceptors (Lipinski definition) is 4. The first kappa shape index (κ1) is 17.5. The molecule has 0 spiro atoms. The fourth-order valence-corrected chi connectivity index (χ4v) is 4.17. The van der Waals surface area contributed by atoms with Crippen LogP contribution in [0.5, 0.6) is 0 Å². The molecule has 2 aromatic heterocycles. The van der Waals surface area contributed by atoms with Crippen molar-refractivity contribution in [2.75, 3.05) is 13.2 Å². The summed E-state index contributed by atoms with van der Waals surface area (Å²) in [6, 6.07) is 6.29. The monoisotopic (exact) mass is 456 g/mol. The Hall–Kier alpha value is -1.28. The number of ether oxygens (including phenoxy) is 1. The molecule has 0 amide bonds. The van der Waals surface area contributed by atoms with Crippen molar-refractivity contribution >= 4 is 45.4 Å². The van der Waals surface area contributed by atoms with Gasteiger partial charge in [0.2, 0.25) is 0 Å². The van der Waals surface area contributed by atoms with E-state index >= 15 is 0 Å². The predicted octanol–water partition coefficient (Wildman–Crippen LogP) is 3.38. The van der Waals surface area contributed by atoms with Crippen molar-refractivity contribution in [2.24, 2.45) is 7.05 Å². The van der Waals surface area contributed by atoms with Crippen LogP contribution in [0, 0.1) is 0 Å². The highest BCUT2D eigenvalue weighted by Gasteiger charge is 2.14. The van der Waals surface area contributed by atoms with Gasteiger partial charge in [-0.1, -0.05) is 12.6 Å². The van der Waals surface area contributed by atoms with Gasteiger partial charge < -0.3 is 9.84 Å². The Balaban J connectivity index is 2.05. The van der Waals surface area contributed by atoms with Crippen molar-refractivity contribution in [3.63, 3.8) is 0 Å². The van der Waals surface area contributed by atoms with Crippen LogP contribution in [0.4, 0.5) is 0 Å². The van der Waals surface area contributed by atoms with Gasteiger partial charge in [-0.15, -0.1) is 0 Å². The third kappa shape index (κ3) is 3.26. The number of hydrogen-bond donors (Lipinski definition) is 1. The van der Waals surface area contributed by atoms with Crippen LogP contribution in [-0.4, -0.2) is 37.7 Å². The summed E-state index contributed by atoms with van der Waals surface area (Å²) in [5.74, 6) is 0. The van der Waals surface area contributed by atoms with E-state index in [1.165, 1.54) is 0 Å². The number of fused-ring (bicyclic) bond motifs is 1. The molecule has 3 aromatic rings. The second kappa shape index (κ2) is 7.74. The number of rotatable bonds is 7. The van der Waals surface area contributed by atoms with E-state index in [4.69, 9.17) is 9.84 Å². The van der Waals surface area contributed by atoms with Gasteiger partial charge in [-0.05, 0) is 45.8 Å². The summed E-state index contributed by atoms with van der Waals surface area (Å²) in [6.45, 7) is 4.60. The van der Waals surface area contributed by atoms with Crippen molar-refractivity contribution in [1.29, 1.82) is 0 Å². The van der Waals surface area contributed by atoms with Crippen molar-refractivity contribution < 1.29 is 9.84 Å². The summed E-state index contributed by atoms with van der Waals surface area (Å²) >= 11 is 2.32. The van der Waals surface area contributed by atoms with Crippen LogP contribution in [0.3, 0.4) is 0 Å². The molecule has 0 saturated carbocycles. The van der Waals surface area contributed by atoms with E-state index in [0.29, 0.717) is 19.6 Å². The lowest BCUT2D eigenvalue weighted by Gasteiger charge is -2.07. The number of aromatic nitrogens is 4. The van der Waals surface area contributed by atoms with Crippen molar-refractivity contribution in [1.82, 2.24) is 19.3 Å². The van der Waals surface area contributed by atoms with Crippen LogP contribution in [0.1, 0.15) is 11.4 Å². The molecule has 126 valence electrons. The second-order valence-electron chi connectivity index (χ2n) is 5.22. The molecule has 3 rings (SSSR count). The Labute approximate surface area is 154 Å². The van der Waals surface area contributed by atoms with Gasteiger partial charge in [0.15, 0.2) is 0 Å². The first-order valence-corrected chi connectivity index (χ1v) is 11.5. The molecule has 1 unspecified atom stereocenters. The van der Waals surface area contributed by atoms with E-state index in [1.54, 1.807) is 10.8 Å². The van der Waals surface area contributed by atoms with E-state index in [0.717, 1.165) is 33.4 Å². The number of aliphatic hydroxyl groups excluding tert-OH is 1. The maximum Gasteiger partial charge on any atom is 0.0927 e. The molecule has 8 heteroatoms. The summed E-state index contributed by atoms with van der Waals surface area (Å²) in [6.07, 6.45) is 4.17. The van der Waals surface area contributed by atoms with Crippen molar-refractivity contribution in [2.45, 2.75) is 6.61 Å². The van der Waals surface area contributed by atoms with Crippen LogP contribution in [0.15, 0.2) is 31.0 Å². The molecule has 0 saturated heterocycles. The average Bonchev–Trinajstić information content (AvgIpc) is 3.15. The van der Waals surface area contributed by atoms with Gasteiger partial charge in [-0.3, -0.25) is 4.68 Å². The molecule has 1 atom stereocenters. The maximum atomic E-state index is 8.89. The molecule has 24 heavy (non-hydrogen) atoms. The van der Waals surface area contributed by atoms with E-state index in [-0.39, 0.29) is 6.61 Å². The minimum atomic E-state index is 0.0120. The SMILES string of the molecule is C=Cc1nn(PI)c2ccc(-c3cnn(C)c3COCCO)cc12. The highest BCUT2D eigenvalue weighted by molar-refractivity contribution is 14.2. The zero-order valence-electron chi connectivity index (χ0n) is 13.2. The van der Waals surface area contributed by atoms with E-state index in [2.05, 4.69) is 57.0 Å². The van der Waals surface area contributed by atoms with E-state index < -0.39 is 0 Å². The lowest BCUT2D eigenvalue weighted by Crippen LogP contribution is -2.05. The Bertz CT molecular complexity index is 874. The zero-order chi connectivity index (χ0) is 17.1. The molecule has 0 radical (unpaired) electrons. The van der Waals surface area contributed by atoms with Gasteiger partial charge in [0.1, 0.15) is 0 Å². The molecule has 1 N–H and O–H groups in total. The normalized spacial score (nSPS) is 11.8. The van der Waals surface area contributed by atoms with Crippen LogP contribution in [-0.2, 0) is 18.4 Å². The zero-order valence-corrected chi connectivity index (χ0v) is 16.4. The number of halogens is 1. The first-order valence-electron chi connectivity index (χ1n) is 7.41. The molecule has 1 aromatic carbocycles. The summed E-state index contributed by atoms with van der Waals surface area (Å²) in [5.41, 5.74) is 5.06. The molecule has 0 bridgehead atoms. The second-order valence-corrected chi connectivity index (χ2v) is 7.26. The van der Waals surface area contributed by atoms with Gasteiger partial charge in [0, 0.05) is 18.0 Å². The molecule has 0 aliphatic rings. The fourth-order valence-electron chi connectivity index (χ4n) is 2.63. The Morgan fingerprint density at radius 1 is 1.46 bits per heavy atom. The van der Waals surface area contributed by atoms with Gasteiger partial charge in [-0.25, -0.2) is 4.45 Å². The lowest BCUT2D eigenvalue weighted by molar-refractivity contribution is 0.0782. The first-order chi connectivity index (χ1) is 11.7. The number of aliphatic hydroxyl groups is 1. The van der Waals surface area contributed by atoms with Crippen LogP contribution in [0.25, 0.3) is 28.1 Å². The summed E-state index contributed by atoms with van der Waals surface area (Å²) < 4.78 is 9.28. The number of nitrogens with zero attached hydrogens (tertiary/aromatic N) is 4. The molecule has 0 aliphatic carbocycles. The van der Waals surface area contributed by atoms with Crippen LogP contribution >= 0.6 is 28.4 Å². The standard InChI is InChI=1S/C16H18IN4O2P/c1-3-14-12-8-11(4-5-15(12)21(19-14)24-17)13-9-18-20(2)16(13)10-23-7-6-22/h3-5,8-9,22,24H,1,6-7,10H2,2H3. The quantitative estimate of drug-likeness (QED) is 0.337. The highest BCUT2D eigenvalue weighted by Crippen LogP contribution is 2.34. The van der Waals surface area contributed by atoms with Crippen molar-refractivity contribution in [3.05, 3.63) is 42.4 Å². The third-order valence-electron chi connectivity index (χ3n) is 3.83. The summed E-state index contributed by atoms with van der Waals surface area (Å²) in [7, 11) is 1.89. The molecular weight excluding hydrogens is 438 g/mol. The van der Waals surface area contributed by atoms with Crippen molar-refractivity contribution in [3.8, 4) is 11.1 Å². The fraction of sp³-hybridized carbons (Fsp3) is 0.250. The number of benzene rings is 1. The van der Waals surface area contributed by atoms with Gasteiger partial charge in [-0.2, -0.15) is 10.2 Å². The van der Waals surface area contributed by atoms with Crippen LogP contribution < -0.4 is 0 Å². The predicted molar refractivity (Wildman–Crippen MR) is 107 cm³/mol. The topological polar surface area (TPSA) is 65.1 Å². The van der Waals surface area contributed by atoms with E-state index in [1.807, 2.05) is 17.7 Å². The lowest BCUT2D eigenvalue weighted by atomic mass is 10.0.